The van der Waals surface area contributed by atoms with Crippen LogP contribution < -0.4 is 19.5 Å². The molecule has 1 aliphatic heterocycles. The van der Waals surface area contributed by atoms with Crippen molar-refractivity contribution in [1.29, 1.82) is 0 Å². The van der Waals surface area contributed by atoms with Crippen LogP contribution in [-0.2, 0) is 7.05 Å². The van der Waals surface area contributed by atoms with Crippen LogP contribution in [-0.4, -0.2) is 54.8 Å². The van der Waals surface area contributed by atoms with E-state index in [1.807, 2.05) is 55.8 Å². The van der Waals surface area contributed by atoms with Crippen molar-refractivity contribution in [3.63, 3.8) is 0 Å². The number of aryl methyl sites for hydroxylation is 1. The number of carbonyl (C=O) groups excluding carboxylic acids is 1. The molecule has 0 bridgehead atoms. The number of hydrogen-bond donors (Lipinski definition) is 1. The number of ether oxygens (including phenoxy) is 3. The lowest BCUT2D eigenvalue weighted by molar-refractivity contribution is 0.0521. The van der Waals surface area contributed by atoms with Crippen molar-refractivity contribution < 1.29 is 19.0 Å². The smallest absolute Gasteiger partial charge is 0.253 e. The molecule has 2 aromatic carbocycles. The van der Waals surface area contributed by atoms with Gasteiger partial charge in [-0.2, -0.15) is 0 Å². The highest BCUT2D eigenvalue weighted by molar-refractivity contribution is 5.98. The number of nitrogens with zero attached hydrogens (tertiary/aromatic N) is 3. The zero-order chi connectivity index (χ0) is 26.5. The van der Waals surface area contributed by atoms with Gasteiger partial charge in [-0.3, -0.25) is 4.79 Å². The molecule has 0 spiro atoms. The van der Waals surface area contributed by atoms with Gasteiger partial charge in [0.1, 0.15) is 0 Å². The molecule has 200 valence electrons. The van der Waals surface area contributed by atoms with Crippen molar-refractivity contribution >= 4 is 28.6 Å². The van der Waals surface area contributed by atoms with Crippen LogP contribution in [0.15, 0.2) is 30.3 Å². The second-order valence-corrected chi connectivity index (χ2v) is 9.58. The molecule has 1 amide bonds. The fourth-order valence-corrected chi connectivity index (χ4v) is 5.68. The molecule has 1 saturated heterocycles. The second kappa shape index (κ2) is 11.8. The molecule has 2 atom stereocenters. The molecule has 2 heterocycles. The van der Waals surface area contributed by atoms with Gasteiger partial charge in [0.05, 0.1) is 32.4 Å². The first-order valence-corrected chi connectivity index (χ1v) is 13.3. The quantitative estimate of drug-likeness (QED) is 0.439. The summed E-state index contributed by atoms with van der Waals surface area (Å²) in [4.78, 5) is 20.2. The Bertz CT molecular complexity index is 1210. The van der Waals surface area contributed by atoms with Crippen molar-refractivity contribution in [2.24, 2.45) is 18.9 Å². The number of likely N-dealkylation sites (tertiary alicyclic amines) is 1. The van der Waals surface area contributed by atoms with Crippen LogP contribution in [0.25, 0.3) is 11.0 Å². The Hall–Kier alpha value is -3.42. The van der Waals surface area contributed by atoms with E-state index >= 15 is 0 Å². The normalized spacial score (nSPS) is 18.9. The van der Waals surface area contributed by atoms with E-state index in [0.717, 1.165) is 42.1 Å². The highest BCUT2D eigenvalue weighted by Crippen LogP contribution is 2.41. The predicted octanol–water partition coefficient (Wildman–Crippen LogP) is 6.02. The molecule has 1 aliphatic carbocycles. The lowest BCUT2D eigenvalue weighted by Crippen LogP contribution is -2.44. The van der Waals surface area contributed by atoms with Gasteiger partial charge in [0.15, 0.2) is 11.5 Å². The number of nitrogens with one attached hydrogen (secondary N) is 1. The minimum absolute atomic E-state index is 0.122. The van der Waals surface area contributed by atoms with Crippen molar-refractivity contribution in [2.75, 3.05) is 39.7 Å². The van der Waals surface area contributed by atoms with Gasteiger partial charge in [-0.05, 0) is 42.9 Å². The van der Waals surface area contributed by atoms with Crippen LogP contribution in [0.4, 0.5) is 11.6 Å². The van der Waals surface area contributed by atoms with Crippen molar-refractivity contribution in [1.82, 2.24) is 14.5 Å². The Morgan fingerprint density at radius 2 is 1.62 bits per heavy atom. The number of carbonyl (C=O) groups is 1. The summed E-state index contributed by atoms with van der Waals surface area (Å²) in [6, 6.07) is 9.46. The number of anilines is 2. The van der Waals surface area contributed by atoms with Crippen LogP contribution in [0.5, 0.6) is 17.2 Å². The first-order valence-electron chi connectivity index (χ1n) is 13.3. The van der Waals surface area contributed by atoms with Gasteiger partial charge >= 0.3 is 0 Å². The Balaban J connectivity index is 0.00000156. The molecular weight excluding hydrogens is 468 g/mol. The molecule has 8 nitrogen and oxygen atoms in total. The lowest BCUT2D eigenvalue weighted by Gasteiger charge is -2.41. The van der Waals surface area contributed by atoms with Crippen LogP contribution in [0.3, 0.4) is 0 Å². The van der Waals surface area contributed by atoms with Crippen LogP contribution in [0, 0.1) is 11.8 Å². The number of piperidine rings is 1. The minimum atomic E-state index is 0.122. The fraction of sp³-hybridized carbons (Fsp3) is 0.517. The predicted molar refractivity (Wildman–Crippen MR) is 147 cm³/mol. The summed E-state index contributed by atoms with van der Waals surface area (Å²) in [6.07, 6.45) is 6.36. The maximum absolute atomic E-state index is 13.4. The topological polar surface area (TPSA) is 77.9 Å². The Morgan fingerprint density at radius 3 is 2.27 bits per heavy atom. The maximum atomic E-state index is 13.4. The van der Waals surface area contributed by atoms with Crippen molar-refractivity contribution in [3.05, 3.63) is 35.9 Å². The highest BCUT2D eigenvalue weighted by Gasteiger charge is 2.33. The average molecular weight is 509 g/mol. The highest BCUT2D eigenvalue weighted by atomic mass is 16.5. The molecule has 3 aromatic rings. The number of aromatic nitrogens is 2. The van der Waals surface area contributed by atoms with Gasteiger partial charge in [-0.25, -0.2) is 4.98 Å². The number of rotatable bonds is 6. The zero-order valence-electron chi connectivity index (χ0n) is 23.0. The summed E-state index contributed by atoms with van der Waals surface area (Å²) in [5.74, 6) is 3.89. The summed E-state index contributed by atoms with van der Waals surface area (Å²) in [6.45, 7) is 5.75. The largest absolute Gasteiger partial charge is 0.493 e. The van der Waals surface area contributed by atoms with Crippen LogP contribution >= 0.6 is 0 Å². The van der Waals surface area contributed by atoms with Gasteiger partial charge in [-0.15, -0.1) is 0 Å². The van der Waals surface area contributed by atoms with Gasteiger partial charge in [0.25, 0.3) is 5.91 Å². The van der Waals surface area contributed by atoms with Gasteiger partial charge in [0.2, 0.25) is 11.7 Å². The van der Waals surface area contributed by atoms with E-state index in [-0.39, 0.29) is 5.91 Å². The van der Waals surface area contributed by atoms with E-state index in [0.29, 0.717) is 34.7 Å². The second-order valence-electron chi connectivity index (χ2n) is 9.58. The molecule has 37 heavy (non-hydrogen) atoms. The molecule has 2 fully saturated rings. The van der Waals surface area contributed by atoms with E-state index in [9.17, 15) is 4.79 Å². The standard InChI is InChI=1S/C27H34N4O4.C2H6/c1-30-22-13-18(26(32)31-12-11-17-7-5-6-8-19(17)16-31)9-10-21(22)29-27(30)28-20-14-23(33-2)25(35-4)24(15-20)34-3;1-2/h9-10,13-15,17,19H,5-8,11-12,16H2,1-4H3,(H,28,29);1-2H3. The SMILES string of the molecule is CC.COc1cc(Nc2nc3ccc(C(=O)N4CCC5CCCCC5C4)cc3n2C)cc(OC)c1OC. The van der Waals surface area contributed by atoms with E-state index < -0.39 is 0 Å². The van der Waals surface area contributed by atoms with Crippen molar-refractivity contribution in [3.8, 4) is 17.2 Å². The molecule has 1 aromatic heterocycles. The van der Waals surface area contributed by atoms with E-state index in [1.165, 1.54) is 25.7 Å². The Labute approximate surface area is 219 Å². The summed E-state index contributed by atoms with van der Waals surface area (Å²) in [5, 5.41) is 3.35. The first-order chi connectivity index (χ1) is 18.0. The summed E-state index contributed by atoms with van der Waals surface area (Å²) >= 11 is 0. The monoisotopic (exact) mass is 508 g/mol. The fourth-order valence-electron chi connectivity index (χ4n) is 5.68. The Kier molecular flexibility index (Phi) is 8.46. The molecule has 2 unspecified atom stereocenters. The van der Waals surface area contributed by atoms with E-state index in [4.69, 9.17) is 19.2 Å². The molecule has 5 rings (SSSR count). The number of amides is 1. The van der Waals surface area contributed by atoms with Gasteiger partial charge < -0.3 is 29.0 Å². The number of fused-ring (bicyclic) bond motifs is 2. The third kappa shape index (κ3) is 5.33. The lowest BCUT2D eigenvalue weighted by atomic mass is 9.75. The molecule has 1 saturated carbocycles. The molecule has 2 aliphatic rings. The number of hydrogen-bond acceptors (Lipinski definition) is 6. The maximum Gasteiger partial charge on any atom is 0.253 e. The zero-order valence-corrected chi connectivity index (χ0v) is 23.0. The van der Waals surface area contributed by atoms with E-state index in [2.05, 4.69) is 10.2 Å². The van der Waals surface area contributed by atoms with E-state index in [1.54, 1.807) is 21.3 Å². The molecule has 8 heteroatoms. The third-order valence-corrected chi connectivity index (χ3v) is 7.63. The molecule has 0 radical (unpaired) electrons. The van der Waals surface area contributed by atoms with Gasteiger partial charge in [-0.1, -0.05) is 33.1 Å². The van der Waals surface area contributed by atoms with Crippen LogP contribution in [0.2, 0.25) is 0 Å². The molecular formula is C29H40N4O4. The molecule has 1 N–H and O–H groups in total. The van der Waals surface area contributed by atoms with Crippen LogP contribution in [0.1, 0.15) is 56.3 Å². The van der Waals surface area contributed by atoms with Crippen molar-refractivity contribution in [2.45, 2.75) is 46.0 Å². The summed E-state index contributed by atoms with van der Waals surface area (Å²) in [7, 11) is 6.70. The Morgan fingerprint density at radius 1 is 0.946 bits per heavy atom. The summed E-state index contributed by atoms with van der Waals surface area (Å²) in [5.41, 5.74) is 3.20. The number of imidazole rings is 1. The van der Waals surface area contributed by atoms with Gasteiger partial charge in [0, 0.05) is 43.5 Å². The average Bonchev–Trinajstić information content (AvgIpc) is 3.26. The first kappa shape index (κ1) is 26.6. The number of benzene rings is 2. The summed E-state index contributed by atoms with van der Waals surface area (Å²) < 4.78 is 18.3. The third-order valence-electron chi connectivity index (χ3n) is 7.63. The minimum Gasteiger partial charge on any atom is -0.493 e. The number of methoxy groups -OCH3 is 3.